The molecule has 2 aliphatic heterocycles. The van der Waals surface area contributed by atoms with Crippen LogP contribution in [0.15, 0.2) is 41.4 Å². The van der Waals surface area contributed by atoms with Gasteiger partial charge in [-0.15, -0.1) is 125 Å². The Morgan fingerprint density at radius 3 is 1.62 bits per heavy atom. The molecule has 3 aromatic rings. The quantitative estimate of drug-likeness (QED) is 0.0445. The van der Waals surface area contributed by atoms with Crippen LogP contribution in [-0.4, -0.2) is 72.4 Å². The largest absolute Gasteiger partial charge is 0.491 e. The van der Waals surface area contributed by atoms with Crippen molar-refractivity contribution in [2.24, 2.45) is 10.7 Å². The van der Waals surface area contributed by atoms with Gasteiger partial charge in [0.25, 0.3) is 0 Å². The lowest BCUT2D eigenvalue weighted by Crippen LogP contribution is -2.30. The first-order valence-corrected chi connectivity index (χ1v) is 67.0. The number of nitrogens with zero attached hydrogens (tertiary/aromatic N) is 3. The number of halogens is 4. The van der Waals surface area contributed by atoms with Crippen LogP contribution in [0.3, 0.4) is 0 Å². The minimum absolute atomic E-state index is 0.0165. The van der Waals surface area contributed by atoms with Gasteiger partial charge < -0.3 is 35.7 Å². The SMILES string of the molecule is COc1c(F)cc(B(O)O)cc1F.NC(=CC1=NCCOC1)c1cc(F)c(C=O)c(F)c1.Nc1cc2n(n1)CCOC2.PPP(P)P(P(P(P)P)P(P)P)P(P(P(P)P)P(P)P)P(P(P)P)P(P)P. The number of aliphatic imine (C=N–C) groups is 1. The molecule has 0 fully saturated rings. The molecule has 6 N–H and O–H groups in total. The average molecular weight is 1460 g/mol. The third kappa shape index (κ3) is 24.6. The Kier molecular flexibility index (Phi) is 40.2. The molecule has 2 aromatic carbocycles. The molecule has 2 aliphatic rings. The van der Waals surface area contributed by atoms with Gasteiger partial charge in [-0.1, -0.05) is 7.96 Å². The van der Waals surface area contributed by atoms with E-state index in [1.165, 1.54) is 6.08 Å². The monoisotopic (exact) mass is 1460 g/mol. The second-order valence-corrected chi connectivity index (χ2v) is 119. The van der Waals surface area contributed by atoms with Crippen LogP contribution in [0.5, 0.6) is 5.75 Å². The molecule has 5 rings (SSSR count). The van der Waals surface area contributed by atoms with Gasteiger partial charge in [0, 0.05) is 17.3 Å². The third-order valence-electron chi connectivity index (χ3n) is 7.96. The Balaban J connectivity index is 0.000000335. The number of anilines is 1. The van der Waals surface area contributed by atoms with E-state index in [4.69, 9.17) is 31.0 Å². The lowest BCUT2D eigenvalue weighted by molar-refractivity contribution is 0.0801. The van der Waals surface area contributed by atoms with Crippen LogP contribution in [0.4, 0.5) is 23.4 Å². The van der Waals surface area contributed by atoms with Crippen LogP contribution in [0.25, 0.3) is 5.70 Å². The highest BCUT2D eigenvalue weighted by atomic mass is 33.5. The number of nitrogens with two attached hydrogens (primary N) is 2. The maximum Gasteiger partial charge on any atom is 0.488 e. The van der Waals surface area contributed by atoms with Crippen LogP contribution in [-0.2, 0) is 22.6 Å². The van der Waals surface area contributed by atoms with Crippen molar-refractivity contribution < 1.29 is 46.6 Å². The summed E-state index contributed by atoms with van der Waals surface area (Å²) in [6, 6.07) is 5.48. The van der Waals surface area contributed by atoms with Crippen molar-refractivity contribution in [1.82, 2.24) is 9.78 Å². The van der Waals surface area contributed by atoms with E-state index < -0.39 is 41.7 Å². The van der Waals surface area contributed by atoms with Gasteiger partial charge in [0.2, 0.25) is 0 Å². The zero-order valence-corrected chi connectivity index (χ0v) is 64.2. The molecule has 0 spiro atoms. The molecule has 388 valence electrons. The molecule has 0 aliphatic carbocycles. The summed E-state index contributed by atoms with van der Waals surface area (Å²) in [6.45, 7) is 3.97. The van der Waals surface area contributed by atoms with E-state index in [1.807, 2.05) is 10.7 Å². The highest BCUT2D eigenvalue weighted by Crippen LogP contribution is 3.36. The van der Waals surface area contributed by atoms with Gasteiger partial charge in [0.1, 0.15) is 17.5 Å². The fourth-order valence-corrected chi connectivity index (χ4v) is 349. The summed E-state index contributed by atoms with van der Waals surface area (Å²) in [5.74, 6) is -3.77. The molecule has 17 atom stereocenters. The maximum atomic E-state index is 13.4. The predicted octanol–water partition coefficient (Wildman–Crippen LogP) is 16.7. The lowest BCUT2D eigenvalue weighted by atomic mass is 9.80. The number of ether oxygens (including phenoxy) is 3. The maximum absolute atomic E-state index is 13.4. The molecule has 3 heterocycles. The lowest BCUT2D eigenvalue weighted by Gasteiger charge is -2.50. The Morgan fingerprint density at radius 1 is 0.754 bits per heavy atom. The Morgan fingerprint density at radius 2 is 1.23 bits per heavy atom. The predicted molar refractivity (Wildman–Crippen MR) is 373 cm³/mol. The van der Waals surface area contributed by atoms with Gasteiger partial charge in [-0.3, -0.25) is 14.5 Å². The number of hydrogen-bond donors (Lipinski definition) is 4. The molecule has 11 nitrogen and oxygen atoms in total. The van der Waals surface area contributed by atoms with Crippen molar-refractivity contribution >= 4 is 253 Å². The first-order valence-electron chi connectivity index (χ1n) is 18.4. The summed E-state index contributed by atoms with van der Waals surface area (Å²) in [5, 5.41) is 21.3. The van der Waals surface area contributed by atoms with Gasteiger partial charge >= 0.3 is 7.12 Å². The number of benzene rings is 2. The summed E-state index contributed by atoms with van der Waals surface area (Å²) in [7, 11) is 45.8. The molecule has 43 heteroatoms. The summed E-state index contributed by atoms with van der Waals surface area (Å²) in [5.41, 5.74) is 12.4. The van der Waals surface area contributed by atoms with E-state index in [9.17, 15) is 22.4 Å². The average Bonchev–Trinajstić information content (AvgIpc) is 3.65. The number of aromatic nitrogens is 2. The minimum Gasteiger partial charge on any atom is -0.491 e. The second kappa shape index (κ2) is 38.3. The highest BCUT2D eigenvalue weighted by Gasteiger charge is 2.48. The van der Waals surface area contributed by atoms with Crippen LogP contribution in [0.1, 0.15) is 21.6 Å². The van der Waals surface area contributed by atoms with Gasteiger partial charge in [0.15, 0.2) is 23.7 Å². The fourth-order valence-electron chi connectivity index (χ4n) is 5.15. The van der Waals surface area contributed by atoms with Crippen molar-refractivity contribution in [2.75, 3.05) is 39.2 Å². The Bertz CT molecular complexity index is 2030. The number of rotatable bonds is 17. The molecule has 0 amide bonds. The number of carbonyl (C=O) groups is 1. The van der Waals surface area contributed by atoms with Crippen molar-refractivity contribution in [1.29, 1.82) is 0 Å². The normalized spacial score (nSPS) is 15.2. The Hall–Kier alpha value is 7.36. The van der Waals surface area contributed by atoms with Crippen molar-refractivity contribution in [3.05, 3.63) is 76.5 Å². The van der Waals surface area contributed by atoms with Crippen molar-refractivity contribution in [2.45, 2.75) is 13.2 Å². The van der Waals surface area contributed by atoms with Crippen LogP contribution < -0.4 is 21.7 Å². The smallest absolute Gasteiger partial charge is 0.488 e. The molecule has 1 aromatic heterocycles. The van der Waals surface area contributed by atoms with Crippen LogP contribution >= 0.6 is 217 Å². The third-order valence-corrected chi connectivity index (χ3v) is 184. The molecule has 0 bridgehead atoms. The van der Waals surface area contributed by atoms with Gasteiger partial charge in [0.05, 0.1) is 63.6 Å². The van der Waals surface area contributed by atoms with Gasteiger partial charge in [-0.25, -0.2) is 17.6 Å². The number of hydrogen-bond acceptors (Lipinski definition) is 10. The number of nitrogen functional groups attached to an aromatic ring is 1. The Labute approximate surface area is 451 Å². The molecule has 17 unspecified atom stereocenters. The molecule has 0 saturated carbocycles. The summed E-state index contributed by atoms with van der Waals surface area (Å²) in [4.78, 5) is 14.6. The van der Waals surface area contributed by atoms with E-state index >= 15 is 0 Å². The molecule has 0 radical (unpaired) electrons. The van der Waals surface area contributed by atoms with E-state index in [-0.39, 0.29) is 107 Å². The van der Waals surface area contributed by atoms with E-state index in [0.29, 0.717) is 37.9 Å². The van der Waals surface area contributed by atoms with E-state index in [1.54, 1.807) is 0 Å². The van der Waals surface area contributed by atoms with Crippen LogP contribution in [0.2, 0.25) is 0 Å². The number of aldehydes is 1. The zero-order valence-electron chi connectivity index (χ0n) is 36.3. The molecular weight excluding hydrogens is 1400 g/mol. The standard InChI is InChI=1S/C13H12F2N2O2.C7H7BF2O3.C6H9N3O.H29P27/c14-11-3-8(4-12(15)10(11)6-18)13(16)5-9-7-19-2-1-17-9;1-13-7-5(9)2-4(8(11)12)3-6(7)10;7-6-3-5-4-10-2-1-9(5)8-6;1-15-22(14)26(23(16(2)3)17(4)5)27(24(18(6)7)19(8)9)25(20(10)11)21(12)13/h3-6H,1-2,7,16H2;2-3,11-12H,1H3;3H,1-2,4H2,(H2,7,8);15H,1-14H2. The summed E-state index contributed by atoms with van der Waals surface area (Å²) in [6.07, 6.45) is 1.64. The minimum atomic E-state index is -1.89. The van der Waals surface area contributed by atoms with Crippen molar-refractivity contribution in [3.8, 4) is 5.75 Å². The molecule has 0 saturated heterocycles. The summed E-state index contributed by atoms with van der Waals surface area (Å²) >= 11 is 0. The highest BCUT2D eigenvalue weighted by molar-refractivity contribution is 9.42. The second-order valence-electron chi connectivity index (χ2n) is 12.8. The first-order chi connectivity index (χ1) is 32.3. The van der Waals surface area contributed by atoms with Crippen LogP contribution in [0, 0.1) is 23.3 Å². The molecule has 69 heavy (non-hydrogen) atoms. The first kappa shape index (κ1) is 72.5. The fraction of sp³-hybridized carbons (Fsp3) is 0.269. The summed E-state index contributed by atoms with van der Waals surface area (Å²) < 4.78 is 69.3. The van der Waals surface area contributed by atoms with E-state index in [0.717, 1.165) is 58.2 Å². The van der Waals surface area contributed by atoms with Gasteiger partial charge in [-0.2, -0.15) is 5.10 Å². The number of carbonyl (C=O) groups excluding carboxylic acids is 1. The number of methoxy groups -OCH3 is 1. The topological polar surface area (TPSA) is 167 Å². The molecular formula is C26H57BF4N5O6P27. The van der Waals surface area contributed by atoms with Crippen molar-refractivity contribution in [3.63, 3.8) is 0 Å². The van der Waals surface area contributed by atoms with E-state index in [2.05, 4.69) is 140 Å². The van der Waals surface area contributed by atoms with Gasteiger partial charge in [-0.05, 0) is 120 Å². The number of fused-ring (bicyclic) bond motifs is 1. The zero-order chi connectivity index (χ0) is 52.4.